The molecule has 22 heavy (non-hydrogen) atoms. The van der Waals surface area contributed by atoms with E-state index in [1.54, 1.807) is 7.11 Å². The minimum Gasteiger partial charge on any atom is -0.497 e. The molecule has 0 radical (unpaired) electrons. The Bertz CT molecular complexity index is 470. The molecular formula is C17H25ClN2O2. The minimum absolute atomic E-state index is 0.0557. The summed E-state index contributed by atoms with van der Waals surface area (Å²) in [5.41, 5.74) is 7.15. The van der Waals surface area contributed by atoms with Crippen LogP contribution in [0.1, 0.15) is 24.8 Å². The summed E-state index contributed by atoms with van der Waals surface area (Å²) in [6, 6.07) is 7.23. The van der Waals surface area contributed by atoms with Crippen molar-refractivity contribution in [3.8, 4) is 5.75 Å². The van der Waals surface area contributed by atoms with Crippen LogP contribution in [-0.2, 0) is 11.2 Å². The van der Waals surface area contributed by atoms with Gasteiger partial charge in [0.05, 0.1) is 13.2 Å². The van der Waals surface area contributed by atoms with Gasteiger partial charge in [-0.15, -0.1) is 11.6 Å². The van der Waals surface area contributed by atoms with E-state index in [-0.39, 0.29) is 5.91 Å². The van der Waals surface area contributed by atoms with Crippen LogP contribution < -0.4 is 10.5 Å². The zero-order chi connectivity index (χ0) is 15.9. The standard InChI is InChI=1S/C17H25ClN2O2/c1-22-15-4-2-14(3-5-15)12-16(19)17(21)20-10-7-13(6-9-18)8-11-20/h2-5,13,16H,6-12,19H2,1H3/t16-/m0/s1. The average molecular weight is 325 g/mol. The second-order valence-electron chi connectivity index (χ2n) is 5.91. The molecule has 1 atom stereocenters. The highest BCUT2D eigenvalue weighted by atomic mass is 35.5. The van der Waals surface area contributed by atoms with Crippen LogP contribution in [0.5, 0.6) is 5.75 Å². The highest BCUT2D eigenvalue weighted by molar-refractivity contribution is 6.17. The zero-order valence-electron chi connectivity index (χ0n) is 13.1. The van der Waals surface area contributed by atoms with Crippen LogP contribution in [-0.4, -0.2) is 42.9 Å². The predicted octanol–water partition coefficient (Wildman–Crippen LogP) is 2.43. The third-order valence-electron chi connectivity index (χ3n) is 4.38. The molecule has 2 N–H and O–H groups in total. The Morgan fingerprint density at radius 1 is 1.36 bits per heavy atom. The molecule has 122 valence electrons. The summed E-state index contributed by atoms with van der Waals surface area (Å²) >= 11 is 5.79. The van der Waals surface area contributed by atoms with E-state index in [0.29, 0.717) is 18.2 Å². The van der Waals surface area contributed by atoms with Crippen molar-refractivity contribution < 1.29 is 9.53 Å². The summed E-state index contributed by atoms with van der Waals surface area (Å²) < 4.78 is 5.13. The average Bonchev–Trinajstić information content (AvgIpc) is 2.56. The SMILES string of the molecule is COc1ccc(C[C@H](N)C(=O)N2CCC(CCCl)CC2)cc1. The number of nitrogens with two attached hydrogens (primary N) is 1. The summed E-state index contributed by atoms with van der Waals surface area (Å²) in [6.07, 6.45) is 3.67. The van der Waals surface area contributed by atoms with E-state index in [0.717, 1.165) is 43.7 Å². The first-order chi connectivity index (χ1) is 10.6. The normalized spacial score (nSPS) is 17.3. The van der Waals surface area contributed by atoms with E-state index in [9.17, 15) is 4.79 Å². The van der Waals surface area contributed by atoms with E-state index in [2.05, 4.69) is 0 Å². The monoisotopic (exact) mass is 324 g/mol. The van der Waals surface area contributed by atoms with Gasteiger partial charge in [-0.2, -0.15) is 0 Å². The Morgan fingerprint density at radius 2 is 2.00 bits per heavy atom. The van der Waals surface area contributed by atoms with Crippen LogP contribution in [0.3, 0.4) is 0 Å². The lowest BCUT2D eigenvalue weighted by molar-refractivity contribution is -0.134. The van der Waals surface area contributed by atoms with Gasteiger partial charge in [-0.25, -0.2) is 0 Å². The molecule has 1 aromatic carbocycles. The van der Waals surface area contributed by atoms with Crippen molar-refractivity contribution in [1.82, 2.24) is 4.90 Å². The second-order valence-corrected chi connectivity index (χ2v) is 6.28. The number of ether oxygens (including phenoxy) is 1. The van der Waals surface area contributed by atoms with Crippen molar-refractivity contribution in [3.63, 3.8) is 0 Å². The largest absolute Gasteiger partial charge is 0.497 e. The quantitative estimate of drug-likeness (QED) is 0.818. The number of methoxy groups -OCH3 is 1. The smallest absolute Gasteiger partial charge is 0.239 e. The molecule has 4 nitrogen and oxygen atoms in total. The van der Waals surface area contributed by atoms with Gasteiger partial charge in [-0.05, 0) is 49.3 Å². The molecule has 0 spiro atoms. The Balaban J connectivity index is 1.84. The maximum absolute atomic E-state index is 12.4. The molecule has 2 rings (SSSR count). The molecule has 1 amide bonds. The molecular weight excluding hydrogens is 300 g/mol. The highest BCUT2D eigenvalue weighted by Crippen LogP contribution is 2.21. The van der Waals surface area contributed by atoms with Gasteiger partial charge in [0, 0.05) is 19.0 Å². The fraction of sp³-hybridized carbons (Fsp3) is 0.588. The second kappa shape index (κ2) is 8.39. The van der Waals surface area contributed by atoms with Crippen molar-refractivity contribution >= 4 is 17.5 Å². The molecule has 1 aliphatic rings. The Labute approximate surface area is 137 Å². The van der Waals surface area contributed by atoms with Gasteiger partial charge in [-0.3, -0.25) is 4.79 Å². The predicted molar refractivity (Wildman–Crippen MR) is 89.3 cm³/mol. The summed E-state index contributed by atoms with van der Waals surface area (Å²) in [4.78, 5) is 14.3. The molecule has 1 fully saturated rings. The van der Waals surface area contributed by atoms with Crippen LogP contribution >= 0.6 is 11.6 Å². The third kappa shape index (κ3) is 4.62. The Morgan fingerprint density at radius 3 is 2.55 bits per heavy atom. The molecule has 1 aliphatic heterocycles. The third-order valence-corrected chi connectivity index (χ3v) is 4.59. The molecule has 1 aromatic rings. The van der Waals surface area contributed by atoms with Gasteiger partial charge in [0.1, 0.15) is 5.75 Å². The van der Waals surface area contributed by atoms with Gasteiger partial charge >= 0.3 is 0 Å². The zero-order valence-corrected chi connectivity index (χ0v) is 13.9. The summed E-state index contributed by atoms with van der Waals surface area (Å²) in [5, 5.41) is 0. The van der Waals surface area contributed by atoms with E-state index in [4.69, 9.17) is 22.1 Å². The molecule has 0 saturated carbocycles. The molecule has 1 heterocycles. The van der Waals surface area contributed by atoms with E-state index < -0.39 is 6.04 Å². The first-order valence-corrected chi connectivity index (χ1v) is 8.40. The topological polar surface area (TPSA) is 55.6 Å². The van der Waals surface area contributed by atoms with Crippen molar-refractivity contribution in [3.05, 3.63) is 29.8 Å². The van der Waals surface area contributed by atoms with Crippen molar-refractivity contribution in [2.75, 3.05) is 26.1 Å². The first kappa shape index (κ1) is 17.1. The number of carbonyl (C=O) groups excluding carboxylic acids is 1. The van der Waals surface area contributed by atoms with Crippen LogP contribution in [0.15, 0.2) is 24.3 Å². The molecule has 5 heteroatoms. The Kier molecular flexibility index (Phi) is 6.52. The highest BCUT2D eigenvalue weighted by Gasteiger charge is 2.26. The number of rotatable bonds is 6. The van der Waals surface area contributed by atoms with Gasteiger partial charge in [0.15, 0.2) is 0 Å². The van der Waals surface area contributed by atoms with Gasteiger partial charge in [0.2, 0.25) is 5.91 Å². The van der Waals surface area contributed by atoms with E-state index in [1.807, 2.05) is 29.2 Å². The molecule has 1 saturated heterocycles. The molecule has 0 bridgehead atoms. The summed E-state index contributed by atoms with van der Waals surface area (Å²) in [7, 11) is 1.64. The van der Waals surface area contributed by atoms with Crippen molar-refractivity contribution in [1.29, 1.82) is 0 Å². The molecule has 0 aliphatic carbocycles. The number of halogens is 1. The fourth-order valence-corrected chi connectivity index (χ4v) is 3.24. The van der Waals surface area contributed by atoms with Crippen molar-refractivity contribution in [2.45, 2.75) is 31.7 Å². The number of piperidine rings is 1. The van der Waals surface area contributed by atoms with E-state index >= 15 is 0 Å². The lowest BCUT2D eigenvalue weighted by Gasteiger charge is -2.33. The number of hydrogen-bond acceptors (Lipinski definition) is 3. The van der Waals surface area contributed by atoms with Crippen LogP contribution in [0.2, 0.25) is 0 Å². The Hall–Kier alpha value is -1.26. The van der Waals surface area contributed by atoms with Gasteiger partial charge in [0.25, 0.3) is 0 Å². The van der Waals surface area contributed by atoms with Crippen LogP contribution in [0, 0.1) is 5.92 Å². The number of nitrogens with zero attached hydrogens (tertiary/aromatic N) is 1. The number of carbonyl (C=O) groups is 1. The number of amides is 1. The fourth-order valence-electron chi connectivity index (χ4n) is 2.93. The number of benzene rings is 1. The lowest BCUT2D eigenvalue weighted by Crippen LogP contribution is -2.48. The number of hydrogen-bond donors (Lipinski definition) is 1. The lowest BCUT2D eigenvalue weighted by atomic mass is 9.93. The number of likely N-dealkylation sites (tertiary alicyclic amines) is 1. The van der Waals surface area contributed by atoms with Crippen LogP contribution in [0.4, 0.5) is 0 Å². The maximum Gasteiger partial charge on any atom is 0.239 e. The summed E-state index contributed by atoms with van der Waals surface area (Å²) in [6.45, 7) is 1.60. The summed E-state index contributed by atoms with van der Waals surface area (Å²) in [5.74, 6) is 2.22. The van der Waals surface area contributed by atoms with Gasteiger partial charge < -0.3 is 15.4 Å². The molecule has 0 aromatic heterocycles. The van der Waals surface area contributed by atoms with E-state index in [1.165, 1.54) is 0 Å². The van der Waals surface area contributed by atoms with Gasteiger partial charge in [-0.1, -0.05) is 12.1 Å². The van der Waals surface area contributed by atoms with Crippen LogP contribution in [0.25, 0.3) is 0 Å². The van der Waals surface area contributed by atoms with Crippen molar-refractivity contribution in [2.24, 2.45) is 11.7 Å². The minimum atomic E-state index is -0.474. The first-order valence-electron chi connectivity index (χ1n) is 7.87. The number of alkyl halides is 1. The maximum atomic E-state index is 12.4. The molecule has 0 unspecified atom stereocenters.